The summed E-state index contributed by atoms with van der Waals surface area (Å²) in [5.74, 6) is 0.700. The van der Waals surface area contributed by atoms with Crippen molar-refractivity contribution in [1.29, 1.82) is 0 Å². The molecule has 0 bridgehead atoms. The van der Waals surface area contributed by atoms with Gasteiger partial charge in [0.2, 0.25) is 0 Å². The minimum Gasteiger partial charge on any atom is -0.394 e. The number of likely N-dealkylation sites (N-methyl/N-ethyl adjacent to an activating group) is 1. The van der Waals surface area contributed by atoms with Crippen LogP contribution in [-0.4, -0.2) is 57.6 Å². The molecule has 1 fully saturated rings. The number of aliphatic hydroxyl groups is 1. The molecule has 0 radical (unpaired) electrons. The SMILES string of the molecule is CCN(Cc1cc(Nc2nc(C)cn3c(-c4cn[nH]c4)cnc23)sn1)C1(CO)CCCCC1. The molecule has 5 rings (SSSR count). The largest absolute Gasteiger partial charge is 0.394 e. The summed E-state index contributed by atoms with van der Waals surface area (Å²) in [7, 11) is 0. The van der Waals surface area contributed by atoms with Crippen molar-refractivity contribution in [1.82, 2.24) is 33.8 Å². The average Bonchev–Trinajstić information content (AvgIpc) is 3.59. The first kappa shape index (κ1) is 22.0. The predicted molar refractivity (Wildman–Crippen MR) is 130 cm³/mol. The van der Waals surface area contributed by atoms with E-state index in [1.54, 1.807) is 6.20 Å². The van der Waals surface area contributed by atoms with Crippen molar-refractivity contribution < 1.29 is 5.11 Å². The summed E-state index contributed by atoms with van der Waals surface area (Å²) in [6.45, 7) is 5.98. The van der Waals surface area contributed by atoms with Crippen molar-refractivity contribution in [2.75, 3.05) is 18.5 Å². The molecule has 10 heteroatoms. The number of fused-ring (bicyclic) bond motifs is 1. The zero-order chi connectivity index (χ0) is 22.8. The van der Waals surface area contributed by atoms with E-state index in [1.165, 1.54) is 30.8 Å². The van der Waals surface area contributed by atoms with E-state index >= 15 is 0 Å². The topological polar surface area (TPSA) is 107 Å². The van der Waals surface area contributed by atoms with Gasteiger partial charge in [0.15, 0.2) is 11.5 Å². The maximum Gasteiger partial charge on any atom is 0.180 e. The molecule has 4 aromatic heterocycles. The minimum absolute atomic E-state index is 0.117. The van der Waals surface area contributed by atoms with Crippen molar-refractivity contribution in [3.8, 4) is 11.3 Å². The van der Waals surface area contributed by atoms with Crippen molar-refractivity contribution in [2.45, 2.75) is 58.0 Å². The van der Waals surface area contributed by atoms with Gasteiger partial charge in [0.1, 0.15) is 5.00 Å². The van der Waals surface area contributed by atoms with Gasteiger partial charge in [0, 0.05) is 30.0 Å². The maximum absolute atomic E-state index is 10.2. The summed E-state index contributed by atoms with van der Waals surface area (Å²) in [5.41, 5.74) is 4.46. The Labute approximate surface area is 197 Å². The van der Waals surface area contributed by atoms with Crippen molar-refractivity contribution in [3.05, 3.63) is 42.2 Å². The van der Waals surface area contributed by atoms with E-state index in [1.807, 2.05) is 29.9 Å². The Morgan fingerprint density at radius 1 is 1.27 bits per heavy atom. The highest BCUT2D eigenvalue weighted by molar-refractivity contribution is 7.10. The normalized spacial score (nSPS) is 16.0. The molecule has 174 valence electrons. The lowest BCUT2D eigenvalue weighted by Gasteiger charge is -2.45. The summed E-state index contributed by atoms with van der Waals surface area (Å²) in [6.07, 6.45) is 13.2. The third-order valence-electron chi connectivity index (χ3n) is 6.69. The van der Waals surface area contributed by atoms with Gasteiger partial charge in [-0.25, -0.2) is 9.97 Å². The first-order valence-electron chi connectivity index (χ1n) is 11.5. The number of imidazole rings is 1. The lowest BCUT2D eigenvalue weighted by Crippen LogP contribution is -2.52. The second-order valence-electron chi connectivity index (χ2n) is 8.82. The van der Waals surface area contributed by atoms with Crippen LogP contribution in [0.3, 0.4) is 0 Å². The van der Waals surface area contributed by atoms with Gasteiger partial charge < -0.3 is 10.4 Å². The lowest BCUT2D eigenvalue weighted by molar-refractivity contribution is -0.00230. The number of hydrogen-bond acceptors (Lipinski definition) is 8. The Balaban J connectivity index is 1.38. The molecule has 0 unspecified atom stereocenters. The van der Waals surface area contributed by atoms with Crippen LogP contribution in [0.1, 0.15) is 50.4 Å². The molecule has 1 aliphatic rings. The van der Waals surface area contributed by atoms with Crippen LogP contribution in [0.4, 0.5) is 10.8 Å². The number of nitrogens with one attached hydrogen (secondary N) is 2. The Morgan fingerprint density at radius 3 is 2.85 bits per heavy atom. The van der Waals surface area contributed by atoms with Gasteiger partial charge in [0.25, 0.3) is 0 Å². The number of aromatic nitrogens is 6. The molecule has 0 atom stereocenters. The second-order valence-corrected chi connectivity index (χ2v) is 9.62. The van der Waals surface area contributed by atoms with Crippen LogP contribution in [0.15, 0.2) is 30.9 Å². The molecular formula is C23H30N8OS. The van der Waals surface area contributed by atoms with E-state index in [9.17, 15) is 5.11 Å². The molecule has 0 aromatic carbocycles. The number of nitrogens with zero attached hydrogens (tertiary/aromatic N) is 6. The summed E-state index contributed by atoms with van der Waals surface area (Å²) < 4.78 is 6.73. The summed E-state index contributed by atoms with van der Waals surface area (Å²) in [4.78, 5) is 11.7. The fourth-order valence-corrected chi connectivity index (χ4v) is 5.61. The van der Waals surface area contributed by atoms with Crippen LogP contribution in [0.5, 0.6) is 0 Å². The van der Waals surface area contributed by atoms with E-state index in [-0.39, 0.29) is 12.1 Å². The van der Waals surface area contributed by atoms with Gasteiger partial charge in [-0.05, 0) is 43.9 Å². The number of H-pyrrole nitrogens is 1. The molecule has 3 N–H and O–H groups in total. The van der Waals surface area contributed by atoms with Crippen LogP contribution < -0.4 is 5.32 Å². The second kappa shape index (κ2) is 9.20. The van der Waals surface area contributed by atoms with Crippen molar-refractivity contribution in [2.24, 2.45) is 0 Å². The molecule has 9 nitrogen and oxygen atoms in total. The first-order chi connectivity index (χ1) is 16.1. The zero-order valence-electron chi connectivity index (χ0n) is 19.1. The van der Waals surface area contributed by atoms with E-state index < -0.39 is 0 Å². The summed E-state index contributed by atoms with van der Waals surface area (Å²) in [6, 6.07) is 2.08. The molecular weight excluding hydrogens is 436 g/mol. The summed E-state index contributed by atoms with van der Waals surface area (Å²) >= 11 is 1.43. The van der Waals surface area contributed by atoms with Gasteiger partial charge in [-0.3, -0.25) is 14.4 Å². The third kappa shape index (κ3) is 4.25. The Morgan fingerprint density at radius 2 is 2.12 bits per heavy atom. The minimum atomic E-state index is -0.117. The lowest BCUT2D eigenvalue weighted by atomic mass is 9.80. The van der Waals surface area contributed by atoms with E-state index in [0.717, 1.165) is 59.2 Å². The van der Waals surface area contributed by atoms with Crippen molar-refractivity contribution >= 4 is 28.0 Å². The van der Waals surface area contributed by atoms with Gasteiger partial charge in [-0.2, -0.15) is 9.47 Å². The fraction of sp³-hybridized carbons (Fsp3) is 0.478. The number of rotatable bonds is 8. The molecule has 0 saturated heterocycles. The number of aromatic amines is 1. The van der Waals surface area contributed by atoms with Crippen LogP contribution in [0, 0.1) is 6.92 Å². The average molecular weight is 467 g/mol. The van der Waals surface area contributed by atoms with Crippen LogP contribution >= 0.6 is 11.5 Å². The Kier molecular flexibility index (Phi) is 6.13. The van der Waals surface area contributed by atoms with Gasteiger partial charge in [0.05, 0.1) is 36.1 Å². The highest BCUT2D eigenvalue weighted by Gasteiger charge is 2.36. The molecule has 0 aliphatic heterocycles. The highest BCUT2D eigenvalue weighted by Crippen LogP contribution is 2.35. The summed E-state index contributed by atoms with van der Waals surface area (Å²) in [5, 5.41) is 21.5. The smallest absolute Gasteiger partial charge is 0.180 e. The Bertz CT molecular complexity index is 1210. The van der Waals surface area contributed by atoms with Gasteiger partial charge in [-0.1, -0.05) is 26.2 Å². The molecule has 4 aromatic rings. The Hall–Kier alpha value is -2.82. The third-order valence-corrected chi connectivity index (χ3v) is 7.43. The molecule has 33 heavy (non-hydrogen) atoms. The zero-order valence-corrected chi connectivity index (χ0v) is 19.9. The van der Waals surface area contributed by atoms with Crippen molar-refractivity contribution in [3.63, 3.8) is 0 Å². The van der Waals surface area contributed by atoms with E-state index in [4.69, 9.17) is 9.36 Å². The number of aliphatic hydroxyl groups excluding tert-OH is 1. The maximum atomic E-state index is 10.2. The van der Waals surface area contributed by atoms with Crippen LogP contribution in [0.2, 0.25) is 0 Å². The molecule has 1 saturated carbocycles. The monoisotopic (exact) mass is 466 g/mol. The number of hydrogen-bond donors (Lipinski definition) is 3. The van der Waals surface area contributed by atoms with Gasteiger partial charge in [-0.15, -0.1) is 0 Å². The molecule has 1 aliphatic carbocycles. The number of aryl methyl sites for hydroxylation is 1. The van der Waals surface area contributed by atoms with Crippen LogP contribution in [0.25, 0.3) is 16.9 Å². The van der Waals surface area contributed by atoms with Gasteiger partial charge >= 0.3 is 0 Å². The predicted octanol–water partition coefficient (Wildman–Crippen LogP) is 4.15. The fourth-order valence-electron chi connectivity index (χ4n) is 4.95. The molecule has 0 spiro atoms. The number of anilines is 2. The molecule has 4 heterocycles. The highest BCUT2D eigenvalue weighted by atomic mass is 32.1. The van der Waals surface area contributed by atoms with Crippen LogP contribution in [-0.2, 0) is 6.54 Å². The quantitative estimate of drug-likeness (QED) is 0.358. The standard InChI is InChI=1S/C23H30N8OS/c1-3-30(23(15-32)7-5-4-6-8-23)14-18-9-20(33-29-18)28-21-22-24-12-19(17-10-25-26-11-17)31(22)13-16(2)27-21/h9-13,32H,3-8,14-15H2,1-2H3,(H,25,26)(H,27,28). The first-order valence-corrected chi connectivity index (χ1v) is 12.3. The molecule has 0 amide bonds. The van der Waals surface area contributed by atoms with E-state index in [0.29, 0.717) is 5.82 Å². The van der Waals surface area contributed by atoms with E-state index in [2.05, 4.69) is 38.4 Å².